The van der Waals surface area contributed by atoms with E-state index in [1.165, 1.54) is 0 Å². The first-order valence-corrected chi connectivity index (χ1v) is 8.44. The molecular formula is C16H19FN4OS. The van der Waals surface area contributed by atoms with Gasteiger partial charge in [-0.05, 0) is 18.6 Å². The number of hydrogen-bond donors (Lipinski definition) is 0. The van der Waals surface area contributed by atoms with Gasteiger partial charge in [-0.1, -0.05) is 6.07 Å². The van der Waals surface area contributed by atoms with Gasteiger partial charge in [0.25, 0.3) is 5.91 Å². The van der Waals surface area contributed by atoms with Gasteiger partial charge < -0.3 is 4.90 Å². The average molecular weight is 334 g/mol. The number of halogens is 1. The molecule has 2 aromatic rings. The van der Waals surface area contributed by atoms with Gasteiger partial charge in [-0.15, -0.1) is 11.3 Å². The summed E-state index contributed by atoms with van der Waals surface area (Å²) in [5.41, 5.74) is 0.413. The summed E-state index contributed by atoms with van der Waals surface area (Å²) in [7, 11) is 1.74. The second-order valence-electron chi connectivity index (χ2n) is 5.74. The molecule has 0 N–H and O–H groups in total. The van der Waals surface area contributed by atoms with Gasteiger partial charge in [-0.2, -0.15) is 0 Å². The molecule has 2 aromatic heterocycles. The van der Waals surface area contributed by atoms with Crippen LogP contribution in [0.15, 0.2) is 36.0 Å². The number of rotatable bonds is 5. The van der Waals surface area contributed by atoms with Crippen LogP contribution in [0.4, 0.5) is 4.39 Å². The number of likely N-dealkylation sites (N-methyl/N-ethyl adjacent to an activating group) is 1. The van der Waals surface area contributed by atoms with Gasteiger partial charge in [0.15, 0.2) is 0 Å². The predicted molar refractivity (Wildman–Crippen MR) is 87.0 cm³/mol. The molecule has 1 aliphatic heterocycles. The van der Waals surface area contributed by atoms with Gasteiger partial charge in [0, 0.05) is 44.0 Å². The summed E-state index contributed by atoms with van der Waals surface area (Å²) in [5.74, 6) is -0.137. The molecule has 1 amide bonds. The number of thiazole rings is 1. The van der Waals surface area contributed by atoms with Crippen LogP contribution in [0.2, 0.25) is 0 Å². The van der Waals surface area contributed by atoms with Crippen LogP contribution in [-0.4, -0.2) is 58.0 Å². The highest BCUT2D eigenvalue weighted by Gasteiger charge is 2.34. The maximum Gasteiger partial charge on any atom is 0.272 e. The molecule has 0 aromatic carbocycles. The highest BCUT2D eigenvalue weighted by atomic mass is 32.1. The van der Waals surface area contributed by atoms with Crippen LogP contribution in [0, 0.1) is 0 Å². The molecule has 1 fully saturated rings. The predicted octanol–water partition coefficient (Wildman–Crippen LogP) is 2.22. The lowest BCUT2D eigenvalue weighted by atomic mass is 10.2. The molecule has 1 aliphatic rings. The molecule has 0 spiro atoms. The highest BCUT2D eigenvalue weighted by Crippen LogP contribution is 2.24. The fourth-order valence-corrected chi connectivity index (χ4v) is 3.54. The fourth-order valence-electron chi connectivity index (χ4n) is 2.89. The second-order valence-corrected chi connectivity index (χ2v) is 6.72. The summed E-state index contributed by atoms with van der Waals surface area (Å²) < 4.78 is 13.9. The van der Waals surface area contributed by atoms with Crippen molar-refractivity contribution in [1.29, 1.82) is 0 Å². The summed E-state index contributed by atoms with van der Waals surface area (Å²) in [5, 5.41) is 2.90. The van der Waals surface area contributed by atoms with E-state index in [4.69, 9.17) is 0 Å². The van der Waals surface area contributed by atoms with Gasteiger partial charge in [0.1, 0.15) is 16.9 Å². The Kier molecular flexibility index (Phi) is 4.97. The van der Waals surface area contributed by atoms with E-state index in [1.807, 2.05) is 5.38 Å². The van der Waals surface area contributed by atoms with E-state index in [1.54, 1.807) is 53.9 Å². The van der Waals surface area contributed by atoms with E-state index in [9.17, 15) is 9.18 Å². The minimum Gasteiger partial charge on any atom is -0.339 e. The smallest absolute Gasteiger partial charge is 0.272 e. The summed E-state index contributed by atoms with van der Waals surface area (Å²) >= 11 is 1.57. The lowest BCUT2D eigenvalue weighted by molar-refractivity contribution is 0.0744. The Bertz CT molecular complexity index is 637. The number of likely N-dealkylation sites (tertiary alicyclic amines) is 1. The van der Waals surface area contributed by atoms with Crippen LogP contribution in [0.5, 0.6) is 0 Å². The quantitative estimate of drug-likeness (QED) is 0.841. The first kappa shape index (κ1) is 16.0. The zero-order valence-corrected chi connectivity index (χ0v) is 13.7. The average Bonchev–Trinajstić information content (AvgIpc) is 3.18. The minimum absolute atomic E-state index is 0.00608. The number of alkyl halides is 1. The maximum absolute atomic E-state index is 13.9. The van der Waals surface area contributed by atoms with Crippen molar-refractivity contribution >= 4 is 17.2 Å². The third kappa shape index (κ3) is 3.92. The molecular weight excluding hydrogens is 315 g/mol. The van der Waals surface area contributed by atoms with Crippen molar-refractivity contribution in [2.45, 2.75) is 25.2 Å². The maximum atomic E-state index is 13.9. The SMILES string of the molecule is CN(C[C@@H]1C[C@H](F)CN1Cc1nccs1)C(=O)c1ccccn1. The molecule has 0 unspecified atom stereocenters. The van der Waals surface area contributed by atoms with Crippen LogP contribution < -0.4 is 0 Å². The Balaban J connectivity index is 1.64. The summed E-state index contributed by atoms with van der Waals surface area (Å²) in [6, 6.07) is 5.26. The molecule has 3 rings (SSSR count). The normalized spacial score (nSPS) is 21.5. The summed E-state index contributed by atoms with van der Waals surface area (Å²) in [4.78, 5) is 24.4. The molecule has 0 radical (unpaired) electrons. The van der Waals surface area contributed by atoms with Gasteiger partial charge in [0.2, 0.25) is 0 Å². The molecule has 5 nitrogen and oxygen atoms in total. The molecule has 0 saturated carbocycles. The third-order valence-electron chi connectivity index (χ3n) is 4.01. The van der Waals surface area contributed by atoms with Crippen molar-refractivity contribution in [3.05, 3.63) is 46.7 Å². The first-order chi connectivity index (χ1) is 11.1. The van der Waals surface area contributed by atoms with Crippen LogP contribution in [0.1, 0.15) is 21.9 Å². The van der Waals surface area contributed by atoms with Gasteiger partial charge in [0.05, 0.1) is 6.54 Å². The van der Waals surface area contributed by atoms with Gasteiger partial charge >= 0.3 is 0 Å². The Morgan fingerprint density at radius 1 is 1.43 bits per heavy atom. The van der Waals surface area contributed by atoms with Crippen molar-refractivity contribution in [1.82, 2.24) is 19.8 Å². The van der Waals surface area contributed by atoms with E-state index in [-0.39, 0.29) is 11.9 Å². The standard InChI is InChI=1S/C16H19FN4OS/c1-20(16(22)14-4-2-3-5-18-14)10-13-8-12(17)9-21(13)11-15-19-6-7-23-15/h2-7,12-13H,8-11H2,1H3/t12-,13-/m0/s1. The van der Waals surface area contributed by atoms with E-state index in [0.29, 0.717) is 31.7 Å². The Hall–Kier alpha value is -1.86. The molecule has 1 saturated heterocycles. The van der Waals surface area contributed by atoms with Gasteiger partial charge in [-0.25, -0.2) is 9.37 Å². The van der Waals surface area contributed by atoms with Crippen LogP contribution >= 0.6 is 11.3 Å². The topological polar surface area (TPSA) is 49.3 Å². The molecule has 3 heterocycles. The Morgan fingerprint density at radius 3 is 3.00 bits per heavy atom. The molecule has 0 aliphatic carbocycles. The van der Waals surface area contributed by atoms with E-state index < -0.39 is 6.17 Å². The lowest BCUT2D eigenvalue weighted by Gasteiger charge is -2.27. The molecule has 2 atom stereocenters. The number of pyridine rings is 1. The second kappa shape index (κ2) is 7.14. The molecule has 122 valence electrons. The summed E-state index contributed by atoms with van der Waals surface area (Å²) in [6.07, 6.45) is 2.96. The first-order valence-electron chi connectivity index (χ1n) is 7.56. The van der Waals surface area contributed by atoms with Gasteiger partial charge in [-0.3, -0.25) is 14.7 Å². The van der Waals surface area contributed by atoms with Crippen molar-refractivity contribution in [3.63, 3.8) is 0 Å². The van der Waals surface area contributed by atoms with Crippen molar-refractivity contribution in [2.75, 3.05) is 20.1 Å². The third-order valence-corrected chi connectivity index (χ3v) is 4.78. The Morgan fingerprint density at radius 2 is 2.30 bits per heavy atom. The van der Waals surface area contributed by atoms with Crippen molar-refractivity contribution in [2.24, 2.45) is 0 Å². The van der Waals surface area contributed by atoms with Crippen LogP contribution in [0.3, 0.4) is 0 Å². The van der Waals surface area contributed by atoms with Crippen molar-refractivity contribution < 1.29 is 9.18 Å². The number of nitrogens with zero attached hydrogens (tertiary/aromatic N) is 4. The van der Waals surface area contributed by atoms with E-state index in [0.717, 1.165) is 5.01 Å². The number of carbonyl (C=O) groups excluding carboxylic acids is 1. The fraction of sp³-hybridized carbons (Fsp3) is 0.438. The summed E-state index contributed by atoms with van der Waals surface area (Å²) in [6.45, 7) is 1.52. The number of aromatic nitrogens is 2. The number of amides is 1. The monoisotopic (exact) mass is 334 g/mol. The van der Waals surface area contributed by atoms with E-state index >= 15 is 0 Å². The van der Waals surface area contributed by atoms with Crippen LogP contribution in [0.25, 0.3) is 0 Å². The zero-order valence-electron chi connectivity index (χ0n) is 12.9. The Labute approximate surface area is 138 Å². The van der Waals surface area contributed by atoms with E-state index in [2.05, 4.69) is 14.9 Å². The molecule has 0 bridgehead atoms. The molecule has 7 heteroatoms. The lowest BCUT2D eigenvalue weighted by Crippen LogP contribution is -2.41. The number of hydrogen-bond acceptors (Lipinski definition) is 5. The van der Waals surface area contributed by atoms with Crippen LogP contribution in [-0.2, 0) is 6.54 Å². The largest absolute Gasteiger partial charge is 0.339 e. The zero-order chi connectivity index (χ0) is 16.2. The van der Waals surface area contributed by atoms with Crippen molar-refractivity contribution in [3.8, 4) is 0 Å². The highest BCUT2D eigenvalue weighted by molar-refractivity contribution is 7.09. The molecule has 23 heavy (non-hydrogen) atoms. The minimum atomic E-state index is -0.849. The number of carbonyl (C=O) groups is 1.